The van der Waals surface area contributed by atoms with Crippen molar-refractivity contribution in [3.05, 3.63) is 73.5 Å². The van der Waals surface area contributed by atoms with Crippen LogP contribution in [0.2, 0.25) is 0 Å². The summed E-state index contributed by atoms with van der Waals surface area (Å²) in [6.07, 6.45) is 0.0629. The Bertz CT molecular complexity index is 1450. The summed E-state index contributed by atoms with van der Waals surface area (Å²) in [5, 5.41) is 16.5. The second-order valence-corrected chi connectivity index (χ2v) is 11.1. The molecule has 9 nitrogen and oxygen atoms in total. The van der Waals surface area contributed by atoms with Crippen LogP contribution in [0, 0.1) is 18.6 Å². The third-order valence-electron chi connectivity index (χ3n) is 6.09. The van der Waals surface area contributed by atoms with Crippen molar-refractivity contribution in [3.8, 4) is 5.75 Å². The molecular weight excluding hydrogens is 552 g/mol. The molecule has 3 N–H and O–H groups in total. The number of fused-ring (bicyclic) bond motifs is 1. The topological polar surface area (TPSA) is 135 Å². The van der Waals surface area contributed by atoms with Crippen molar-refractivity contribution in [2.45, 2.75) is 49.6 Å². The van der Waals surface area contributed by atoms with Crippen LogP contribution in [0.25, 0.3) is 0 Å². The lowest BCUT2D eigenvalue weighted by molar-refractivity contribution is 0.00964. The first-order valence-corrected chi connectivity index (χ1v) is 12.8. The van der Waals surface area contributed by atoms with Gasteiger partial charge in [0.1, 0.15) is 28.3 Å². The van der Waals surface area contributed by atoms with E-state index in [0.717, 1.165) is 12.1 Å². The molecule has 3 aromatic rings. The van der Waals surface area contributed by atoms with E-state index in [4.69, 9.17) is 9.15 Å². The summed E-state index contributed by atoms with van der Waals surface area (Å²) in [6, 6.07) is 3.32. The van der Waals surface area contributed by atoms with Crippen LogP contribution in [0.1, 0.15) is 54.8 Å². The highest BCUT2D eigenvalue weighted by atomic mass is 79.9. The number of hydrogen-bond donors (Lipinski definition) is 3. The quantitative estimate of drug-likeness (QED) is 0.410. The molecule has 188 valence electrons. The van der Waals surface area contributed by atoms with E-state index in [2.05, 4.69) is 30.8 Å². The molecule has 0 amide bonds. The van der Waals surface area contributed by atoms with Gasteiger partial charge in [0.25, 0.3) is 0 Å². The zero-order chi connectivity index (χ0) is 25.7. The molecule has 1 aliphatic rings. The van der Waals surface area contributed by atoms with Gasteiger partial charge in [-0.3, -0.25) is 0 Å². The molecule has 3 atom stereocenters. The maximum absolute atomic E-state index is 14.9. The van der Waals surface area contributed by atoms with Crippen LogP contribution >= 0.6 is 15.9 Å². The fourth-order valence-electron chi connectivity index (χ4n) is 4.24. The number of halogens is 3. The Labute approximate surface area is 207 Å². The molecule has 35 heavy (non-hydrogen) atoms. The number of nitrogens with one attached hydrogen (secondary N) is 2. The summed E-state index contributed by atoms with van der Waals surface area (Å²) >= 11 is 3.34. The number of aromatic amines is 1. The molecule has 0 fully saturated rings. The molecule has 0 aliphatic carbocycles. The highest BCUT2D eigenvalue weighted by Crippen LogP contribution is 2.43. The van der Waals surface area contributed by atoms with Crippen LogP contribution in [0.5, 0.6) is 5.75 Å². The number of aromatic nitrogens is 2. The number of benzene rings is 2. The number of hydrogen-bond acceptors (Lipinski definition) is 7. The molecular formula is C22H22BrF2N3O6S. The molecule has 13 heteroatoms. The number of rotatable bonds is 6. The molecule has 2 aromatic carbocycles. The van der Waals surface area contributed by atoms with Crippen LogP contribution in [-0.2, 0) is 15.6 Å². The Kier molecular flexibility index (Phi) is 6.64. The third kappa shape index (κ3) is 4.65. The maximum atomic E-state index is 14.9. The van der Waals surface area contributed by atoms with Crippen LogP contribution in [0.3, 0.4) is 0 Å². The molecule has 1 aliphatic heterocycles. The number of nitrogens with zero attached hydrogens (tertiary/aromatic N) is 1. The van der Waals surface area contributed by atoms with Gasteiger partial charge in [-0.2, -0.15) is 4.72 Å². The minimum Gasteiger partial charge on any atom is -0.492 e. The number of aliphatic hydroxyl groups is 1. The summed E-state index contributed by atoms with van der Waals surface area (Å²) in [5.74, 6) is -3.91. The normalized spacial score (nSPS) is 19.6. The minimum absolute atomic E-state index is 0.0392. The molecule has 0 saturated carbocycles. The van der Waals surface area contributed by atoms with Gasteiger partial charge < -0.3 is 14.3 Å². The number of sulfonamides is 1. The first-order chi connectivity index (χ1) is 16.3. The molecule has 0 spiro atoms. The average molecular weight is 574 g/mol. The number of H-pyrrole nitrogens is 1. The third-order valence-corrected chi connectivity index (χ3v) is 8.41. The molecule has 0 bridgehead atoms. The molecule has 1 unspecified atom stereocenters. The van der Waals surface area contributed by atoms with Crippen molar-refractivity contribution >= 4 is 26.0 Å². The van der Waals surface area contributed by atoms with E-state index >= 15 is 0 Å². The van der Waals surface area contributed by atoms with E-state index in [1.54, 1.807) is 13.8 Å². The summed E-state index contributed by atoms with van der Waals surface area (Å²) in [5.41, 5.74) is -1.26. The maximum Gasteiger partial charge on any atom is 0.434 e. The lowest BCUT2D eigenvalue weighted by atomic mass is 9.90. The summed E-state index contributed by atoms with van der Waals surface area (Å²) in [7, 11) is -4.50. The van der Waals surface area contributed by atoms with E-state index in [9.17, 15) is 27.1 Å². The fourth-order valence-corrected chi connectivity index (χ4v) is 6.00. The second-order valence-electron chi connectivity index (χ2n) is 8.53. The van der Waals surface area contributed by atoms with Gasteiger partial charge in [-0.05, 0) is 49.2 Å². The van der Waals surface area contributed by atoms with Crippen molar-refractivity contribution < 1.29 is 31.5 Å². The van der Waals surface area contributed by atoms with Gasteiger partial charge in [-0.1, -0.05) is 22.9 Å². The lowest BCUT2D eigenvalue weighted by Crippen LogP contribution is -2.35. The Balaban J connectivity index is 1.84. The first-order valence-electron chi connectivity index (χ1n) is 10.5. The van der Waals surface area contributed by atoms with Gasteiger partial charge in [0.15, 0.2) is 0 Å². The largest absolute Gasteiger partial charge is 0.492 e. The second kappa shape index (κ2) is 9.12. The molecule has 0 saturated heterocycles. The predicted octanol–water partition coefficient (Wildman–Crippen LogP) is 3.53. The lowest BCUT2D eigenvalue weighted by Gasteiger charge is -2.32. The Morgan fingerprint density at radius 1 is 1.26 bits per heavy atom. The van der Waals surface area contributed by atoms with Crippen molar-refractivity contribution in [1.29, 1.82) is 0 Å². The fraction of sp³-hybridized carbons (Fsp3) is 0.364. The van der Waals surface area contributed by atoms with Gasteiger partial charge in [-0.15, -0.1) is 5.10 Å². The highest BCUT2D eigenvalue weighted by Gasteiger charge is 2.40. The van der Waals surface area contributed by atoms with Gasteiger partial charge in [0.05, 0.1) is 17.8 Å². The molecule has 2 heterocycles. The van der Waals surface area contributed by atoms with E-state index in [1.165, 1.54) is 19.1 Å². The van der Waals surface area contributed by atoms with Gasteiger partial charge in [0, 0.05) is 16.8 Å². The predicted molar refractivity (Wildman–Crippen MR) is 124 cm³/mol. The van der Waals surface area contributed by atoms with Gasteiger partial charge in [-0.25, -0.2) is 27.1 Å². The van der Waals surface area contributed by atoms with Crippen molar-refractivity contribution in [2.75, 3.05) is 6.61 Å². The van der Waals surface area contributed by atoms with Crippen molar-refractivity contribution in [3.63, 3.8) is 0 Å². The minimum atomic E-state index is -4.50. The standard InChI is InChI=1S/C22H22BrF2N3O6S/c1-10-12(23)4-5-13(24)16(10)11(2)18(20-26-27-21(29)34-20)28-35(31,32)15-7-6-14(25)17-19(15)33-9-8-22(17,3)30/h4-7,11,18,28,30H,8-9H2,1-3H3,(H,27,29)/t11-,18+,22?/m1/s1. The van der Waals surface area contributed by atoms with Crippen LogP contribution in [-0.4, -0.2) is 30.3 Å². The van der Waals surface area contributed by atoms with E-state index in [-0.39, 0.29) is 35.8 Å². The van der Waals surface area contributed by atoms with Gasteiger partial charge >= 0.3 is 5.76 Å². The average Bonchev–Trinajstić information content (AvgIpc) is 3.20. The SMILES string of the molecule is Cc1c(Br)ccc(F)c1[C@@H](C)[C@H](NS(=O)(=O)c1ccc(F)c2c1OCCC2(C)O)c1n[nH]c(=O)o1. The summed E-state index contributed by atoms with van der Waals surface area (Å²) in [4.78, 5) is 11.2. The molecule has 1 aromatic heterocycles. The van der Waals surface area contributed by atoms with Crippen molar-refractivity contribution in [2.24, 2.45) is 0 Å². The Morgan fingerprint density at radius 2 is 1.94 bits per heavy atom. The zero-order valence-electron chi connectivity index (χ0n) is 18.9. The summed E-state index contributed by atoms with van der Waals surface area (Å²) in [6.45, 7) is 4.52. The van der Waals surface area contributed by atoms with Crippen LogP contribution in [0.15, 0.2) is 42.8 Å². The van der Waals surface area contributed by atoms with E-state index in [0.29, 0.717) is 10.0 Å². The Morgan fingerprint density at radius 3 is 2.60 bits per heavy atom. The number of ether oxygens (including phenoxy) is 1. The zero-order valence-corrected chi connectivity index (χ0v) is 21.3. The van der Waals surface area contributed by atoms with Crippen molar-refractivity contribution in [1.82, 2.24) is 14.9 Å². The first kappa shape index (κ1) is 25.5. The van der Waals surface area contributed by atoms with E-state index in [1.807, 2.05) is 0 Å². The van der Waals surface area contributed by atoms with Gasteiger partial charge in [0.2, 0.25) is 15.9 Å². The van der Waals surface area contributed by atoms with E-state index < -0.39 is 49.9 Å². The Hall–Kier alpha value is -2.61. The van der Waals surface area contributed by atoms with Crippen LogP contribution in [0.4, 0.5) is 8.78 Å². The highest BCUT2D eigenvalue weighted by molar-refractivity contribution is 9.10. The molecule has 0 radical (unpaired) electrons. The molecule has 4 rings (SSSR count). The van der Waals surface area contributed by atoms with Crippen LogP contribution < -0.4 is 15.2 Å². The smallest absolute Gasteiger partial charge is 0.434 e. The monoisotopic (exact) mass is 573 g/mol. The summed E-state index contributed by atoms with van der Waals surface area (Å²) < 4.78 is 70.0.